The number of carbonyl (C=O) groups excluding carboxylic acids is 3. The van der Waals surface area contributed by atoms with Crippen LogP contribution in [0.2, 0.25) is 0 Å². The van der Waals surface area contributed by atoms with Crippen molar-refractivity contribution in [3.8, 4) is 0 Å². The average Bonchev–Trinajstić information content (AvgIpc) is 2.91. The van der Waals surface area contributed by atoms with E-state index in [1.807, 2.05) is 0 Å². The van der Waals surface area contributed by atoms with Gasteiger partial charge in [0.2, 0.25) is 5.60 Å². The second-order valence-electron chi connectivity index (χ2n) is 7.58. The van der Waals surface area contributed by atoms with Crippen LogP contribution in [0.15, 0.2) is 12.2 Å². The van der Waals surface area contributed by atoms with E-state index in [-0.39, 0.29) is 6.42 Å². The molecule has 0 radical (unpaired) electrons. The average molecular weight is 381 g/mol. The highest BCUT2D eigenvalue weighted by Gasteiger charge is 2.52. The third-order valence-electron chi connectivity index (χ3n) is 5.19. The van der Waals surface area contributed by atoms with Crippen molar-refractivity contribution in [2.24, 2.45) is 0 Å². The lowest BCUT2D eigenvalue weighted by molar-refractivity contribution is -0.166. The fourth-order valence-corrected chi connectivity index (χ4v) is 3.50. The quantitative estimate of drug-likeness (QED) is 0.258. The van der Waals surface area contributed by atoms with Crippen LogP contribution in [0.5, 0.6) is 0 Å². The van der Waals surface area contributed by atoms with E-state index in [4.69, 9.17) is 4.74 Å². The number of rotatable bonds is 15. The van der Waals surface area contributed by atoms with E-state index in [0.717, 1.165) is 25.3 Å². The van der Waals surface area contributed by atoms with Crippen LogP contribution in [0.3, 0.4) is 0 Å². The number of ketones is 2. The lowest BCUT2D eigenvalue weighted by Gasteiger charge is -2.26. The van der Waals surface area contributed by atoms with Gasteiger partial charge in [0.1, 0.15) is 0 Å². The molecule has 2 atom stereocenters. The SMILES string of the molecule is CCCCCCCCCCCCCCC(=O)[C@]1(O)C(=O)C=C[C@@H]1OC(C)=O. The van der Waals surface area contributed by atoms with Crippen molar-refractivity contribution >= 4 is 17.5 Å². The van der Waals surface area contributed by atoms with Gasteiger partial charge in [-0.2, -0.15) is 0 Å². The largest absolute Gasteiger partial charge is 0.454 e. The highest BCUT2D eigenvalue weighted by Crippen LogP contribution is 2.27. The molecule has 1 aliphatic rings. The van der Waals surface area contributed by atoms with Gasteiger partial charge in [0.25, 0.3) is 0 Å². The Balaban J connectivity index is 2.13. The molecule has 0 aromatic carbocycles. The molecule has 0 amide bonds. The molecule has 1 rings (SSSR count). The molecule has 0 aromatic heterocycles. The molecule has 0 saturated carbocycles. The Bertz CT molecular complexity index is 511. The van der Waals surface area contributed by atoms with Gasteiger partial charge in [-0.05, 0) is 18.6 Å². The normalized spacial score (nSPS) is 21.6. The Morgan fingerprint density at radius 2 is 1.44 bits per heavy atom. The standard InChI is InChI=1S/C22H36O5/c1-3-4-5-6-7-8-9-10-11-12-13-14-15-19(24)22(26)20(25)16-17-21(22)27-18(2)23/h16-17,21,26H,3-15H2,1-2H3/t21-,22-/m0/s1. The van der Waals surface area contributed by atoms with E-state index in [1.165, 1.54) is 64.4 Å². The summed E-state index contributed by atoms with van der Waals surface area (Å²) in [5, 5.41) is 10.5. The molecular weight excluding hydrogens is 344 g/mol. The van der Waals surface area contributed by atoms with Gasteiger partial charge in [-0.15, -0.1) is 0 Å². The van der Waals surface area contributed by atoms with E-state index in [1.54, 1.807) is 0 Å². The van der Waals surface area contributed by atoms with Crippen LogP contribution in [-0.2, 0) is 19.1 Å². The molecular formula is C22H36O5. The van der Waals surface area contributed by atoms with Crippen LogP contribution in [0.1, 0.15) is 97.3 Å². The van der Waals surface area contributed by atoms with Gasteiger partial charge in [-0.1, -0.05) is 77.6 Å². The van der Waals surface area contributed by atoms with Crippen LogP contribution in [0, 0.1) is 0 Å². The number of hydrogen-bond acceptors (Lipinski definition) is 5. The van der Waals surface area contributed by atoms with Crippen molar-refractivity contribution < 1.29 is 24.2 Å². The van der Waals surface area contributed by atoms with Crippen LogP contribution in [0.4, 0.5) is 0 Å². The summed E-state index contributed by atoms with van der Waals surface area (Å²) in [4.78, 5) is 35.3. The second-order valence-corrected chi connectivity index (χ2v) is 7.58. The highest BCUT2D eigenvalue weighted by atomic mass is 16.6. The van der Waals surface area contributed by atoms with E-state index in [2.05, 4.69) is 6.92 Å². The molecule has 0 fully saturated rings. The number of Topliss-reactive ketones (excluding diaryl/α,β-unsaturated/α-hetero) is 1. The van der Waals surface area contributed by atoms with Gasteiger partial charge in [0.15, 0.2) is 17.7 Å². The summed E-state index contributed by atoms with van der Waals surface area (Å²) in [7, 11) is 0. The molecule has 0 spiro atoms. The van der Waals surface area contributed by atoms with Gasteiger partial charge in [0, 0.05) is 13.3 Å². The molecule has 0 heterocycles. The van der Waals surface area contributed by atoms with Crippen LogP contribution < -0.4 is 0 Å². The number of ether oxygens (including phenoxy) is 1. The fraction of sp³-hybridized carbons (Fsp3) is 0.773. The highest BCUT2D eigenvalue weighted by molar-refractivity contribution is 6.17. The molecule has 27 heavy (non-hydrogen) atoms. The van der Waals surface area contributed by atoms with E-state index in [0.29, 0.717) is 6.42 Å². The summed E-state index contributed by atoms with van der Waals surface area (Å²) in [6.45, 7) is 3.42. The van der Waals surface area contributed by atoms with E-state index < -0.39 is 29.2 Å². The van der Waals surface area contributed by atoms with Crippen molar-refractivity contribution in [3.63, 3.8) is 0 Å². The molecule has 0 bridgehead atoms. The minimum absolute atomic E-state index is 0.124. The van der Waals surface area contributed by atoms with Gasteiger partial charge < -0.3 is 9.84 Å². The predicted molar refractivity (Wildman–Crippen MR) is 105 cm³/mol. The summed E-state index contributed by atoms with van der Waals surface area (Å²) in [6, 6.07) is 0. The van der Waals surface area contributed by atoms with E-state index in [9.17, 15) is 19.5 Å². The van der Waals surface area contributed by atoms with E-state index >= 15 is 0 Å². The number of carbonyl (C=O) groups is 3. The lowest BCUT2D eigenvalue weighted by Crippen LogP contribution is -2.53. The first-order valence-electron chi connectivity index (χ1n) is 10.6. The Morgan fingerprint density at radius 3 is 1.93 bits per heavy atom. The Morgan fingerprint density at radius 1 is 0.963 bits per heavy atom. The predicted octanol–water partition coefficient (Wildman–Crippen LogP) is 4.45. The number of esters is 1. The molecule has 154 valence electrons. The molecule has 0 aromatic rings. The van der Waals surface area contributed by atoms with Gasteiger partial charge in [-0.25, -0.2) is 0 Å². The van der Waals surface area contributed by atoms with Gasteiger partial charge in [-0.3, -0.25) is 14.4 Å². The Kier molecular flexibility index (Phi) is 11.2. The molecule has 5 nitrogen and oxygen atoms in total. The van der Waals surface area contributed by atoms with Crippen molar-refractivity contribution in [2.75, 3.05) is 0 Å². The minimum atomic E-state index is -2.23. The van der Waals surface area contributed by atoms with Crippen molar-refractivity contribution in [2.45, 2.75) is 109 Å². The maximum atomic E-state index is 12.3. The second kappa shape index (κ2) is 12.8. The summed E-state index contributed by atoms with van der Waals surface area (Å²) in [5.74, 6) is -1.88. The van der Waals surface area contributed by atoms with Crippen molar-refractivity contribution in [1.82, 2.24) is 0 Å². The lowest BCUT2D eigenvalue weighted by atomic mass is 9.89. The first-order valence-corrected chi connectivity index (χ1v) is 10.6. The maximum Gasteiger partial charge on any atom is 0.303 e. The number of aliphatic hydroxyl groups is 1. The Labute approximate surface area is 163 Å². The maximum absolute atomic E-state index is 12.3. The minimum Gasteiger partial charge on any atom is -0.454 e. The summed E-state index contributed by atoms with van der Waals surface area (Å²) >= 11 is 0. The third kappa shape index (κ3) is 7.96. The van der Waals surface area contributed by atoms with Gasteiger partial charge in [0.05, 0.1) is 0 Å². The number of hydrogen-bond donors (Lipinski definition) is 1. The first-order chi connectivity index (χ1) is 12.9. The smallest absolute Gasteiger partial charge is 0.303 e. The molecule has 5 heteroatoms. The Hall–Kier alpha value is -1.49. The molecule has 0 unspecified atom stereocenters. The van der Waals surface area contributed by atoms with Crippen LogP contribution >= 0.6 is 0 Å². The zero-order chi connectivity index (χ0) is 20.1. The number of unbranched alkanes of at least 4 members (excludes halogenated alkanes) is 11. The molecule has 1 aliphatic carbocycles. The first kappa shape index (κ1) is 23.5. The van der Waals surface area contributed by atoms with Crippen LogP contribution in [0.25, 0.3) is 0 Å². The van der Waals surface area contributed by atoms with Crippen LogP contribution in [-0.4, -0.2) is 34.3 Å². The monoisotopic (exact) mass is 380 g/mol. The molecule has 1 N–H and O–H groups in total. The summed E-state index contributed by atoms with van der Waals surface area (Å²) in [5.41, 5.74) is -2.23. The third-order valence-corrected chi connectivity index (χ3v) is 5.19. The molecule has 0 aliphatic heterocycles. The summed E-state index contributed by atoms with van der Waals surface area (Å²) in [6.07, 6.45) is 15.5. The topological polar surface area (TPSA) is 80.7 Å². The fourth-order valence-electron chi connectivity index (χ4n) is 3.50. The van der Waals surface area contributed by atoms with Crippen molar-refractivity contribution in [1.29, 1.82) is 0 Å². The van der Waals surface area contributed by atoms with Crippen molar-refractivity contribution in [3.05, 3.63) is 12.2 Å². The van der Waals surface area contributed by atoms with Gasteiger partial charge >= 0.3 is 5.97 Å². The summed E-state index contributed by atoms with van der Waals surface area (Å²) < 4.78 is 4.91. The zero-order valence-corrected chi connectivity index (χ0v) is 17.0. The zero-order valence-electron chi connectivity index (χ0n) is 17.0. The molecule has 0 saturated heterocycles.